The fraction of sp³-hybridized carbons (Fsp3) is 0.692. The highest BCUT2D eigenvalue weighted by atomic mass is 16.1. The van der Waals surface area contributed by atoms with Crippen molar-refractivity contribution in [1.82, 2.24) is 20.2 Å². The average Bonchev–Trinajstić information content (AvgIpc) is 2.38. The molecule has 1 aromatic heterocycles. The van der Waals surface area contributed by atoms with Crippen molar-refractivity contribution in [2.75, 3.05) is 26.2 Å². The van der Waals surface area contributed by atoms with Gasteiger partial charge in [-0.1, -0.05) is 13.8 Å². The molecule has 0 saturated carbocycles. The molecule has 1 aromatic rings. The van der Waals surface area contributed by atoms with Crippen LogP contribution in [0, 0.1) is 0 Å². The second kappa shape index (κ2) is 5.63. The monoisotopic (exact) mass is 250 g/mol. The van der Waals surface area contributed by atoms with Crippen LogP contribution >= 0.6 is 0 Å². The van der Waals surface area contributed by atoms with E-state index in [4.69, 9.17) is 0 Å². The summed E-state index contributed by atoms with van der Waals surface area (Å²) in [4.78, 5) is 21.5. The molecule has 0 bridgehead atoms. The third-order valence-electron chi connectivity index (χ3n) is 3.47. The van der Waals surface area contributed by atoms with Crippen LogP contribution in [0.25, 0.3) is 0 Å². The third kappa shape index (κ3) is 2.97. The van der Waals surface area contributed by atoms with Crippen molar-refractivity contribution in [2.45, 2.75) is 32.7 Å². The Morgan fingerprint density at radius 1 is 1.28 bits per heavy atom. The lowest BCUT2D eigenvalue weighted by molar-refractivity contribution is 0.178. The van der Waals surface area contributed by atoms with Gasteiger partial charge in [0, 0.05) is 32.2 Å². The lowest BCUT2D eigenvalue weighted by Crippen LogP contribution is -2.45. The number of aromatic nitrogens is 2. The first-order valence-corrected chi connectivity index (χ1v) is 6.64. The largest absolute Gasteiger partial charge is 0.314 e. The van der Waals surface area contributed by atoms with Crippen LogP contribution in [0.15, 0.2) is 10.9 Å². The number of aromatic amines is 1. The van der Waals surface area contributed by atoms with E-state index in [-0.39, 0.29) is 17.5 Å². The molecule has 0 radical (unpaired) electrons. The Kier molecular flexibility index (Phi) is 4.14. The summed E-state index contributed by atoms with van der Waals surface area (Å²) >= 11 is 0. The molecular weight excluding hydrogens is 228 g/mol. The van der Waals surface area contributed by atoms with Crippen LogP contribution in [0.3, 0.4) is 0 Å². The van der Waals surface area contributed by atoms with Gasteiger partial charge in [-0.15, -0.1) is 0 Å². The first-order valence-electron chi connectivity index (χ1n) is 6.64. The van der Waals surface area contributed by atoms with E-state index in [0.29, 0.717) is 0 Å². The summed E-state index contributed by atoms with van der Waals surface area (Å²) in [6.45, 7) is 10.2. The highest BCUT2D eigenvalue weighted by molar-refractivity contribution is 5.09. The second-order valence-corrected chi connectivity index (χ2v) is 5.17. The van der Waals surface area contributed by atoms with E-state index in [1.165, 1.54) is 0 Å². The fourth-order valence-electron chi connectivity index (χ4n) is 2.23. The number of rotatable bonds is 3. The van der Waals surface area contributed by atoms with Gasteiger partial charge < -0.3 is 10.3 Å². The maximum Gasteiger partial charge on any atom is 0.251 e. The van der Waals surface area contributed by atoms with Gasteiger partial charge in [-0.25, -0.2) is 4.98 Å². The third-order valence-corrected chi connectivity index (χ3v) is 3.47. The Labute approximate surface area is 108 Å². The zero-order chi connectivity index (χ0) is 13.1. The molecule has 1 aliphatic rings. The molecule has 18 heavy (non-hydrogen) atoms. The SMILES string of the molecule is CC(C)c1cc(=O)[nH]c(C(C)N2CCNCC2)n1. The van der Waals surface area contributed by atoms with Crippen molar-refractivity contribution in [1.29, 1.82) is 0 Å². The minimum absolute atomic E-state index is 0.0503. The van der Waals surface area contributed by atoms with Crippen LogP contribution in [0.1, 0.15) is 44.2 Å². The van der Waals surface area contributed by atoms with Gasteiger partial charge in [0.05, 0.1) is 11.7 Å². The summed E-state index contributed by atoms with van der Waals surface area (Å²) in [5.74, 6) is 1.06. The minimum Gasteiger partial charge on any atom is -0.314 e. The maximum absolute atomic E-state index is 11.7. The minimum atomic E-state index is -0.0503. The van der Waals surface area contributed by atoms with Crippen molar-refractivity contribution >= 4 is 0 Å². The first-order chi connectivity index (χ1) is 8.58. The van der Waals surface area contributed by atoms with Crippen LogP contribution in [0.2, 0.25) is 0 Å². The number of hydrogen-bond acceptors (Lipinski definition) is 4. The number of nitrogens with one attached hydrogen (secondary N) is 2. The Morgan fingerprint density at radius 2 is 1.94 bits per heavy atom. The van der Waals surface area contributed by atoms with Gasteiger partial charge in [-0.05, 0) is 12.8 Å². The molecule has 0 aromatic carbocycles. The summed E-state index contributed by atoms with van der Waals surface area (Å²) in [5, 5.41) is 3.33. The van der Waals surface area contributed by atoms with Crippen molar-refractivity contribution in [3.8, 4) is 0 Å². The lowest BCUT2D eigenvalue weighted by Gasteiger charge is -2.32. The smallest absolute Gasteiger partial charge is 0.251 e. The van der Waals surface area contributed by atoms with E-state index < -0.39 is 0 Å². The molecule has 0 spiro atoms. The predicted molar refractivity (Wildman–Crippen MR) is 71.8 cm³/mol. The van der Waals surface area contributed by atoms with Gasteiger partial charge in [0.2, 0.25) is 0 Å². The predicted octanol–water partition coefficient (Wildman–Crippen LogP) is 0.860. The van der Waals surface area contributed by atoms with Gasteiger partial charge in [-0.2, -0.15) is 0 Å². The van der Waals surface area contributed by atoms with Crippen LogP contribution in [-0.4, -0.2) is 41.0 Å². The van der Waals surface area contributed by atoms with Gasteiger partial charge in [0.1, 0.15) is 5.82 Å². The maximum atomic E-state index is 11.7. The van der Waals surface area contributed by atoms with E-state index in [9.17, 15) is 4.79 Å². The first kappa shape index (κ1) is 13.2. The van der Waals surface area contributed by atoms with E-state index in [2.05, 4.69) is 41.0 Å². The molecule has 1 unspecified atom stereocenters. The van der Waals surface area contributed by atoms with Gasteiger partial charge in [0.25, 0.3) is 5.56 Å². The Hall–Kier alpha value is -1.20. The van der Waals surface area contributed by atoms with Gasteiger partial charge in [0.15, 0.2) is 0 Å². The Bertz CT molecular complexity index is 449. The van der Waals surface area contributed by atoms with Gasteiger partial charge >= 0.3 is 0 Å². The van der Waals surface area contributed by atoms with Crippen molar-refractivity contribution in [3.63, 3.8) is 0 Å². The molecule has 5 heteroatoms. The van der Waals surface area contributed by atoms with Crippen LogP contribution < -0.4 is 10.9 Å². The van der Waals surface area contributed by atoms with E-state index in [1.54, 1.807) is 6.07 Å². The molecule has 1 aliphatic heterocycles. The lowest BCUT2D eigenvalue weighted by atomic mass is 10.1. The zero-order valence-electron chi connectivity index (χ0n) is 11.4. The van der Waals surface area contributed by atoms with Crippen molar-refractivity contribution in [3.05, 3.63) is 27.9 Å². The Balaban J connectivity index is 2.23. The van der Waals surface area contributed by atoms with Crippen LogP contribution in [0.4, 0.5) is 0 Å². The molecule has 2 heterocycles. The molecular formula is C13H22N4O. The number of nitrogens with zero attached hydrogens (tertiary/aromatic N) is 2. The topological polar surface area (TPSA) is 61.0 Å². The molecule has 1 saturated heterocycles. The summed E-state index contributed by atoms with van der Waals surface area (Å²) in [5.41, 5.74) is 0.821. The zero-order valence-corrected chi connectivity index (χ0v) is 11.4. The number of piperazine rings is 1. The highest BCUT2D eigenvalue weighted by Crippen LogP contribution is 2.17. The molecule has 0 aliphatic carbocycles. The van der Waals surface area contributed by atoms with E-state index in [0.717, 1.165) is 37.7 Å². The quantitative estimate of drug-likeness (QED) is 0.835. The average molecular weight is 250 g/mol. The van der Waals surface area contributed by atoms with Crippen molar-refractivity contribution < 1.29 is 0 Å². The highest BCUT2D eigenvalue weighted by Gasteiger charge is 2.20. The van der Waals surface area contributed by atoms with Crippen molar-refractivity contribution in [2.24, 2.45) is 0 Å². The summed E-state index contributed by atoms with van der Waals surface area (Å²) in [6.07, 6.45) is 0. The van der Waals surface area contributed by atoms with E-state index in [1.807, 2.05) is 0 Å². The fourth-order valence-corrected chi connectivity index (χ4v) is 2.23. The summed E-state index contributed by atoms with van der Waals surface area (Å²) in [7, 11) is 0. The number of H-pyrrole nitrogens is 1. The molecule has 2 rings (SSSR count). The Morgan fingerprint density at radius 3 is 2.56 bits per heavy atom. The van der Waals surface area contributed by atoms with Gasteiger partial charge in [-0.3, -0.25) is 9.69 Å². The second-order valence-electron chi connectivity index (χ2n) is 5.17. The van der Waals surface area contributed by atoms with Crippen LogP contribution in [-0.2, 0) is 0 Å². The number of hydrogen-bond donors (Lipinski definition) is 2. The standard InChI is InChI=1S/C13H22N4O/c1-9(2)11-8-12(18)16-13(15-11)10(3)17-6-4-14-5-7-17/h8-10,14H,4-7H2,1-3H3,(H,15,16,18). The molecule has 0 amide bonds. The molecule has 100 valence electrons. The molecule has 5 nitrogen and oxygen atoms in total. The molecule has 1 atom stereocenters. The normalized spacial score (nSPS) is 19.1. The van der Waals surface area contributed by atoms with Crippen LogP contribution in [0.5, 0.6) is 0 Å². The summed E-state index contributed by atoms with van der Waals surface area (Å²) < 4.78 is 0. The molecule has 1 fully saturated rings. The van der Waals surface area contributed by atoms with E-state index >= 15 is 0 Å². The molecule has 2 N–H and O–H groups in total. The summed E-state index contributed by atoms with van der Waals surface area (Å²) in [6, 6.07) is 1.76.